The summed E-state index contributed by atoms with van der Waals surface area (Å²) >= 11 is 0. The van der Waals surface area contributed by atoms with Crippen LogP contribution >= 0.6 is 0 Å². The molecule has 4 rings (SSSR count). The number of carbonyl (C=O) groups is 3. The number of hydrogen-bond donors (Lipinski definition) is 0. The number of esters is 3. The first kappa shape index (κ1) is 30.9. The van der Waals surface area contributed by atoms with Crippen LogP contribution in [0.2, 0.25) is 0 Å². The Morgan fingerprint density at radius 1 is 0.727 bits per heavy atom. The molecule has 0 fully saturated rings. The summed E-state index contributed by atoms with van der Waals surface area (Å²) < 4.78 is 31.6. The molecule has 0 saturated heterocycles. The highest BCUT2D eigenvalue weighted by Gasteiger charge is 2.19. The van der Waals surface area contributed by atoms with Crippen LogP contribution in [-0.4, -0.2) is 17.9 Å². The van der Waals surface area contributed by atoms with Crippen molar-refractivity contribution in [3.8, 4) is 51.3 Å². The third-order valence-corrected chi connectivity index (χ3v) is 6.37. The van der Waals surface area contributed by atoms with Crippen molar-refractivity contribution in [2.24, 2.45) is 0 Å². The lowest BCUT2D eigenvalue weighted by Crippen LogP contribution is -2.10. The highest BCUT2D eigenvalue weighted by atomic mass is 19.1. The van der Waals surface area contributed by atoms with Gasteiger partial charge in [-0.1, -0.05) is 68.0 Å². The van der Waals surface area contributed by atoms with Gasteiger partial charge in [-0.3, -0.25) is 0 Å². The van der Waals surface area contributed by atoms with E-state index in [1.54, 1.807) is 49.4 Å². The summed E-state index contributed by atoms with van der Waals surface area (Å²) in [7, 11) is 0. The molecule has 4 aromatic carbocycles. The Kier molecular flexibility index (Phi) is 9.69. The molecule has 0 aliphatic carbocycles. The van der Waals surface area contributed by atoms with Crippen molar-refractivity contribution < 1.29 is 33.0 Å². The highest BCUT2D eigenvalue weighted by molar-refractivity contribution is 5.90. The zero-order chi connectivity index (χ0) is 31.8. The number of halogens is 1. The Hall–Kier alpha value is -6.00. The summed E-state index contributed by atoms with van der Waals surface area (Å²) in [6.07, 6.45) is 2.14. The van der Waals surface area contributed by atoms with E-state index in [2.05, 4.69) is 31.6 Å². The average molecular weight is 587 g/mol. The van der Waals surface area contributed by atoms with E-state index in [0.29, 0.717) is 33.8 Å². The molecule has 44 heavy (non-hydrogen) atoms. The Bertz CT molecular complexity index is 1840. The maximum Gasteiger partial charge on any atom is 0.338 e. The number of rotatable bonds is 8. The SMILES string of the molecule is C=CC(=O)Oc1ccc(C#Cc2c(OC(=O)C(=C)C)cc(-c3ccc(-c4ccc(OC(=O)C=C)cc4)cc3)c(C)c2F)cc1. The molecular weight excluding hydrogens is 559 g/mol. The van der Waals surface area contributed by atoms with Gasteiger partial charge in [-0.05, 0) is 84.1 Å². The smallest absolute Gasteiger partial charge is 0.338 e. The fourth-order valence-corrected chi connectivity index (χ4v) is 4.02. The van der Waals surface area contributed by atoms with Crippen molar-refractivity contribution in [2.45, 2.75) is 13.8 Å². The van der Waals surface area contributed by atoms with E-state index in [-0.39, 0.29) is 16.9 Å². The molecule has 0 amide bonds. The average Bonchev–Trinajstić information content (AvgIpc) is 3.03. The van der Waals surface area contributed by atoms with Crippen LogP contribution in [0.4, 0.5) is 4.39 Å². The normalized spacial score (nSPS) is 10.1. The summed E-state index contributed by atoms with van der Waals surface area (Å²) in [4.78, 5) is 35.3. The third kappa shape index (κ3) is 7.44. The molecule has 218 valence electrons. The Balaban J connectivity index is 1.67. The fourth-order valence-electron chi connectivity index (χ4n) is 4.02. The molecule has 0 spiro atoms. The van der Waals surface area contributed by atoms with Crippen molar-refractivity contribution >= 4 is 17.9 Å². The third-order valence-electron chi connectivity index (χ3n) is 6.37. The van der Waals surface area contributed by atoms with Crippen LogP contribution in [-0.2, 0) is 14.4 Å². The van der Waals surface area contributed by atoms with E-state index in [1.807, 2.05) is 36.4 Å². The molecule has 0 atom stereocenters. The van der Waals surface area contributed by atoms with Crippen molar-refractivity contribution in [2.75, 3.05) is 0 Å². The van der Waals surface area contributed by atoms with Gasteiger partial charge in [0.25, 0.3) is 0 Å². The van der Waals surface area contributed by atoms with Crippen LogP contribution < -0.4 is 14.2 Å². The molecule has 0 saturated carbocycles. The molecule has 0 aliphatic heterocycles. The maximum atomic E-state index is 15.9. The van der Waals surface area contributed by atoms with Gasteiger partial charge in [0, 0.05) is 23.3 Å². The summed E-state index contributed by atoms with van der Waals surface area (Å²) in [5.41, 5.74) is 3.87. The number of benzene rings is 4. The standard InChI is InChI=1S/C37H27FO6/c1-6-34(39)42-29-17-8-25(9-18-29)10-21-31-33(44-37(41)23(3)4)22-32(24(5)36(31)38)28-13-11-26(12-14-28)27-15-19-30(20-16-27)43-35(40)7-2/h6-9,11-20,22H,1-3H2,4-5H3. The van der Waals surface area contributed by atoms with Gasteiger partial charge in [0.05, 0.1) is 0 Å². The molecule has 0 aliphatic rings. The van der Waals surface area contributed by atoms with Crippen LogP contribution in [0.15, 0.2) is 116 Å². The lowest BCUT2D eigenvalue weighted by Gasteiger charge is -2.14. The Morgan fingerprint density at radius 2 is 1.20 bits per heavy atom. The molecule has 0 N–H and O–H groups in total. The van der Waals surface area contributed by atoms with E-state index < -0.39 is 23.7 Å². The van der Waals surface area contributed by atoms with E-state index in [1.165, 1.54) is 6.92 Å². The zero-order valence-corrected chi connectivity index (χ0v) is 24.1. The molecule has 7 heteroatoms. The first-order valence-corrected chi connectivity index (χ1v) is 13.3. The largest absolute Gasteiger partial charge is 0.423 e. The van der Waals surface area contributed by atoms with E-state index in [9.17, 15) is 14.4 Å². The van der Waals surface area contributed by atoms with Gasteiger partial charge in [-0.2, -0.15) is 0 Å². The van der Waals surface area contributed by atoms with Gasteiger partial charge in [-0.25, -0.2) is 18.8 Å². The van der Waals surface area contributed by atoms with Crippen LogP contribution in [0.3, 0.4) is 0 Å². The van der Waals surface area contributed by atoms with Crippen LogP contribution in [0, 0.1) is 24.6 Å². The summed E-state index contributed by atoms with van der Waals surface area (Å²) in [6.45, 7) is 13.5. The predicted octanol–water partition coefficient (Wildman–Crippen LogP) is 7.53. The minimum Gasteiger partial charge on any atom is -0.423 e. The van der Waals surface area contributed by atoms with Crippen molar-refractivity contribution in [3.05, 3.63) is 139 Å². The summed E-state index contributed by atoms with van der Waals surface area (Å²) in [6, 6.07) is 22.3. The van der Waals surface area contributed by atoms with E-state index in [4.69, 9.17) is 14.2 Å². The zero-order valence-electron chi connectivity index (χ0n) is 24.1. The molecule has 4 aromatic rings. The first-order chi connectivity index (χ1) is 21.1. The molecule has 0 heterocycles. The topological polar surface area (TPSA) is 78.9 Å². The maximum absolute atomic E-state index is 15.9. The van der Waals surface area contributed by atoms with Gasteiger partial charge in [-0.15, -0.1) is 0 Å². The van der Waals surface area contributed by atoms with Crippen LogP contribution in [0.25, 0.3) is 22.3 Å². The van der Waals surface area contributed by atoms with E-state index >= 15 is 4.39 Å². The lowest BCUT2D eigenvalue weighted by atomic mass is 9.95. The van der Waals surface area contributed by atoms with Gasteiger partial charge >= 0.3 is 17.9 Å². The number of carbonyl (C=O) groups excluding carboxylic acids is 3. The molecule has 0 bridgehead atoms. The summed E-state index contributed by atoms with van der Waals surface area (Å²) in [5.74, 6) is 3.83. The van der Waals surface area contributed by atoms with Gasteiger partial charge < -0.3 is 14.2 Å². The monoisotopic (exact) mass is 586 g/mol. The summed E-state index contributed by atoms with van der Waals surface area (Å²) in [5, 5.41) is 0. The molecular formula is C37H27FO6. The van der Waals surface area contributed by atoms with Gasteiger partial charge in [0.1, 0.15) is 28.6 Å². The van der Waals surface area contributed by atoms with E-state index in [0.717, 1.165) is 23.3 Å². The number of ether oxygens (including phenoxy) is 3. The van der Waals surface area contributed by atoms with Crippen LogP contribution in [0.1, 0.15) is 23.6 Å². The quantitative estimate of drug-likeness (QED) is 0.0919. The van der Waals surface area contributed by atoms with Crippen molar-refractivity contribution in [3.63, 3.8) is 0 Å². The Morgan fingerprint density at radius 3 is 1.70 bits per heavy atom. The minimum atomic E-state index is -0.715. The highest BCUT2D eigenvalue weighted by Crippen LogP contribution is 2.35. The van der Waals surface area contributed by atoms with Gasteiger partial charge in [0.2, 0.25) is 0 Å². The molecule has 0 aromatic heterocycles. The molecule has 0 unspecified atom stereocenters. The Labute approximate surface area is 254 Å². The first-order valence-electron chi connectivity index (χ1n) is 13.3. The molecule has 6 nitrogen and oxygen atoms in total. The second kappa shape index (κ2) is 13.8. The lowest BCUT2D eigenvalue weighted by molar-refractivity contribution is -0.130. The second-order valence-electron chi connectivity index (χ2n) is 9.53. The van der Waals surface area contributed by atoms with Crippen molar-refractivity contribution in [1.82, 2.24) is 0 Å². The van der Waals surface area contributed by atoms with Gasteiger partial charge in [0.15, 0.2) is 0 Å². The molecule has 0 radical (unpaired) electrons. The van der Waals surface area contributed by atoms with Crippen LogP contribution in [0.5, 0.6) is 17.2 Å². The fraction of sp³-hybridized carbons (Fsp3) is 0.0541. The second-order valence-corrected chi connectivity index (χ2v) is 9.53. The predicted molar refractivity (Wildman–Crippen MR) is 167 cm³/mol. The minimum absolute atomic E-state index is 0.0473. The number of hydrogen-bond acceptors (Lipinski definition) is 6. The van der Waals surface area contributed by atoms with Crippen molar-refractivity contribution in [1.29, 1.82) is 0 Å².